The lowest BCUT2D eigenvalue weighted by Gasteiger charge is -2.12. The van der Waals surface area contributed by atoms with Crippen LogP contribution in [0.5, 0.6) is 5.75 Å². The summed E-state index contributed by atoms with van der Waals surface area (Å²) < 4.78 is 9.99. The zero-order chi connectivity index (χ0) is 22.1. The van der Waals surface area contributed by atoms with Gasteiger partial charge in [-0.2, -0.15) is 0 Å². The molecule has 0 aliphatic heterocycles. The van der Waals surface area contributed by atoms with Crippen LogP contribution in [0.3, 0.4) is 0 Å². The van der Waals surface area contributed by atoms with Crippen LogP contribution in [0.15, 0.2) is 48.5 Å². The molecule has 158 valence electrons. The maximum Gasteiger partial charge on any atom is 0.337 e. The summed E-state index contributed by atoms with van der Waals surface area (Å²) in [5.41, 5.74) is 1.91. The first-order valence-corrected chi connectivity index (χ1v) is 9.52. The molecule has 0 spiro atoms. The van der Waals surface area contributed by atoms with E-state index in [0.717, 1.165) is 11.1 Å². The minimum absolute atomic E-state index is 0.0181. The maximum atomic E-state index is 12.4. The van der Waals surface area contributed by atoms with Crippen molar-refractivity contribution < 1.29 is 33.8 Å². The topological polar surface area (TPSA) is 107 Å². The highest BCUT2D eigenvalue weighted by atomic mass is 16.5. The molecule has 2 aromatic carbocycles. The zero-order valence-electron chi connectivity index (χ0n) is 16.9. The number of methoxy groups -OCH3 is 1. The van der Waals surface area contributed by atoms with E-state index in [1.807, 2.05) is 0 Å². The molecule has 0 fully saturated rings. The molecule has 0 bridgehead atoms. The monoisotopic (exact) mass is 412 g/mol. The quantitative estimate of drug-likeness (QED) is 0.470. The van der Waals surface area contributed by atoms with Gasteiger partial charge in [-0.1, -0.05) is 24.3 Å². The summed E-state index contributed by atoms with van der Waals surface area (Å²) in [7, 11) is 1.29. The molecular formula is C23H24O7. The Kier molecular flexibility index (Phi) is 8.29. The minimum Gasteiger partial charge on any atom is -0.481 e. The van der Waals surface area contributed by atoms with E-state index in [9.17, 15) is 19.2 Å². The fourth-order valence-electron chi connectivity index (χ4n) is 2.79. The minimum atomic E-state index is -0.910. The maximum absolute atomic E-state index is 12.4. The van der Waals surface area contributed by atoms with Gasteiger partial charge in [-0.25, -0.2) is 4.79 Å². The summed E-state index contributed by atoms with van der Waals surface area (Å²) in [6, 6.07) is 13.2. The Hall–Kier alpha value is -3.48. The number of carbonyl (C=O) groups is 4. The van der Waals surface area contributed by atoms with E-state index in [1.165, 1.54) is 31.4 Å². The molecule has 0 radical (unpaired) electrons. The number of hydrogen-bond acceptors (Lipinski definition) is 6. The van der Waals surface area contributed by atoms with Crippen molar-refractivity contribution in [2.75, 3.05) is 7.11 Å². The van der Waals surface area contributed by atoms with E-state index in [1.54, 1.807) is 31.2 Å². The van der Waals surface area contributed by atoms with E-state index >= 15 is 0 Å². The van der Waals surface area contributed by atoms with E-state index in [0.29, 0.717) is 17.7 Å². The SMILES string of the molecule is COC(=O)c1ccc(OC(=O)C(C)c2ccc(CC(=O)CCCC(=O)O)cc2)cc1. The number of aliphatic carboxylic acids is 1. The first-order chi connectivity index (χ1) is 14.3. The van der Waals surface area contributed by atoms with Crippen LogP contribution < -0.4 is 4.74 Å². The number of rotatable bonds is 10. The summed E-state index contributed by atoms with van der Waals surface area (Å²) in [6.45, 7) is 1.72. The highest BCUT2D eigenvalue weighted by molar-refractivity contribution is 5.89. The predicted molar refractivity (Wildman–Crippen MR) is 108 cm³/mol. The summed E-state index contributed by atoms with van der Waals surface area (Å²) in [6.07, 6.45) is 0.766. The normalized spacial score (nSPS) is 11.4. The third kappa shape index (κ3) is 6.84. The number of hydrogen-bond donors (Lipinski definition) is 1. The fraction of sp³-hybridized carbons (Fsp3) is 0.304. The molecule has 0 aliphatic carbocycles. The first kappa shape index (κ1) is 22.8. The van der Waals surface area contributed by atoms with Crippen molar-refractivity contribution in [3.8, 4) is 5.75 Å². The second-order valence-electron chi connectivity index (χ2n) is 6.86. The van der Waals surface area contributed by atoms with Crippen molar-refractivity contribution in [1.82, 2.24) is 0 Å². The molecule has 0 aliphatic rings. The Morgan fingerprint density at radius 2 is 1.57 bits per heavy atom. The van der Waals surface area contributed by atoms with Crippen LogP contribution >= 0.6 is 0 Å². The second kappa shape index (κ2) is 10.9. The van der Waals surface area contributed by atoms with Crippen LogP contribution in [0.1, 0.15) is 53.6 Å². The average molecular weight is 412 g/mol. The van der Waals surface area contributed by atoms with Crippen LogP contribution in [0.25, 0.3) is 0 Å². The molecule has 0 amide bonds. The van der Waals surface area contributed by atoms with Crippen molar-refractivity contribution in [3.05, 3.63) is 65.2 Å². The number of ether oxygens (including phenoxy) is 2. The smallest absolute Gasteiger partial charge is 0.337 e. The van der Waals surface area contributed by atoms with E-state index in [-0.39, 0.29) is 25.0 Å². The number of Topliss-reactive ketones (excluding diaryl/α,β-unsaturated/α-hetero) is 1. The van der Waals surface area contributed by atoms with E-state index in [2.05, 4.69) is 4.74 Å². The highest BCUT2D eigenvalue weighted by Crippen LogP contribution is 2.21. The Bertz CT molecular complexity index is 898. The van der Waals surface area contributed by atoms with Gasteiger partial charge >= 0.3 is 17.9 Å². The fourth-order valence-corrected chi connectivity index (χ4v) is 2.79. The van der Waals surface area contributed by atoms with Gasteiger partial charge in [0, 0.05) is 19.3 Å². The van der Waals surface area contributed by atoms with Crippen molar-refractivity contribution >= 4 is 23.7 Å². The van der Waals surface area contributed by atoms with Gasteiger partial charge in [0.15, 0.2) is 0 Å². The Morgan fingerprint density at radius 1 is 0.933 bits per heavy atom. The first-order valence-electron chi connectivity index (χ1n) is 9.52. The number of carboxylic acid groups (broad SMARTS) is 1. The Balaban J connectivity index is 1.90. The van der Waals surface area contributed by atoms with E-state index < -0.39 is 23.8 Å². The summed E-state index contributed by atoms with van der Waals surface area (Å²) in [5.74, 6) is -2.05. The lowest BCUT2D eigenvalue weighted by atomic mass is 9.98. The molecule has 2 rings (SSSR count). The number of ketones is 1. The van der Waals surface area contributed by atoms with Gasteiger partial charge in [-0.15, -0.1) is 0 Å². The van der Waals surface area contributed by atoms with Crippen molar-refractivity contribution in [3.63, 3.8) is 0 Å². The van der Waals surface area contributed by atoms with Crippen LogP contribution in [0, 0.1) is 0 Å². The number of carboxylic acids is 1. The van der Waals surface area contributed by atoms with Gasteiger partial charge in [-0.3, -0.25) is 14.4 Å². The average Bonchev–Trinajstić information content (AvgIpc) is 2.73. The second-order valence-corrected chi connectivity index (χ2v) is 6.86. The molecule has 1 N–H and O–H groups in total. The summed E-state index contributed by atoms with van der Waals surface area (Å²) in [4.78, 5) is 46.3. The standard InChI is InChI=1S/C23H24O7/c1-15(22(27)30-20-12-10-18(11-13-20)23(28)29-2)17-8-6-16(7-9-17)14-19(24)4-3-5-21(25)26/h6-13,15H,3-5,14H2,1-2H3,(H,25,26). The van der Waals surface area contributed by atoms with Crippen LogP contribution in [-0.2, 0) is 25.5 Å². The number of benzene rings is 2. The van der Waals surface area contributed by atoms with Crippen molar-refractivity contribution in [2.24, 2.45) is 0 Å². The highest BCUT2D eigenvalue weighted by Gasteiger charge is 2.18. The third-order valence-electron chi connectivity index (χ3n) is 4.57. The molecule has 30 heavy (non-hydrogen) atoms. The molecule has 7 heteroatoms. The van der Waals surface area contributed by atoms with Crippen LogP contribution in [0.2, 0.25) is 0 Å². The molecule has 1 atom stereocenters. The Morgan fingerprint density at radius 3 is 2.13 bits per heavy atom. The molecule has 0 aromatic heterocycles. The van der Waals surface area contributed by atoms with Crippen LogP contribution in [-0.4, -0.2) is 35.9 Å². The molecule has 0 saturated heterocycles. The van der Waals surface area contributed by atoms with Crippen molar-refractivity contribution in [1.29, 1.82) is 0 Å². The Labute approximate surface area is 174 Å². The molecule has 1 unspecified atom stereocenters. The van der Waals surface area contributed by atoms with E-state index in [4.69, 9.17) is 9.84 Å². The van der Waals surface area contributed by atoms with Gasteiger partial charge < -0.3 is 14.6 Å². The van der Waals surface area contributed by atoms with Crippen LogP contribution in [0.4, 0.5) is 0 Å². The molecule has 2 aromatic rings. The number of carbonyl (C=O) groups excluding carboxylic acids is 3. The molecular weight excluding hydrogens is 388 g/mol. The van der Waals surface area contributed by atoms with Gasteiger partial charge in [0.05, 0.1) is 18.6 Å². The van der Waals surface area contributed by atoms with Gasteiger partial charge in [0.1, 0.15) is 11.5 Å². The van der Waals surface area contributed by atoms with Crippen molar-refractivity contribution in [2.45, 2.75) is 38.5 Å². The summed E-state index contributed by atoms with van der Waals surface area (Å²) in [5, 5.41) is 8.61. The predicted octanol–water partition coefficient (Wildman–Crippen LogP) is 3.55. The molecule has 0 saturated carbocycles. The van der Waals surface area contributed by atoms with Gasteiger partial charge in [0.2, 0.25) is 0 Å². The lowest BCUT2D eigenvalue weighted by molar-refractivity contribution is -0.137. The molecule has 7 nitrogen and oxygen atoms in total. The van der Waals surface area contributed by atoms with Gasteiger partial charge in [0.25, 0.3) is 0 Å². The lowest BCUT2D eigenvalue weighted by Crippen LogP contribution is -2.16. The van der Waals surface area contributed by atoms with Gasteiger partial charge in [-0.05, 0) is 48.7 Å². The zero-order valence-corrected chi connectivity index (χ0v) is 16.9. The third-order valence-corrected chi connectivity index (χ3v) is 4.57. The largest absolute Gasteiger partial charge is 0.481 e. The summed E-state index contributed by atoms with van der Waals surface area (Å²) >= 11 is 0. The number of esters is 2. The molecule has 0 heterocycles.